The van der Waals surface area contributed by atoms with Crippen LogP contribution in [0.4, 0.5) is 11.4 Å². The molecule has 1 saturated heterocycles. The molecule has 0 unspecified atom stereocenters. The maximum Gasteiger partial charge on any atom is 0.223 e. The molecule has 2 amide bonds. The van der Waals surface area contributed by atoms with Crippen molar-refractivity contribution in [1.29, 1.82) is 0 Å². The number of carbonyl (C=O) groups excluding carboxylic acids is 2. The Morgan fingerprint density at radius 1 is 1.00 bits per heavy atom. The Bertz CT molecular complexity index is 617. The second-order valence-corrected chi connectivity index (χ2v) is 7.89. The molecular weight excluding hydrogens is 338 g/mol. The van der Waals surface area contributed by atoms with E-state index in [9.17, 15) is 9.59 Å². The summed E-state index contributed by atoms with van der Waals surface area (Å²) in [6, 6.07) is 8.52. The molecular formula is C22H33N3O2. The molecule has 2 fully saturated rings. The first-order chi connectivity index (χ1) is 13.1. The number of hydrogen-bond acceptors (Lipinski definition) is 3. The number of anilines is 2. The van der Waals surface area contributed by atoms with E-state index in [0.29, 0.717) is 19.0 Å². The monoisotopic (exact) mass is 371 g/mol. The van der Waals surface area contributed by atoms with Crippen LogP contribution in [0.25, 0.3) is 0 Å². The van der Waals surface area contributed by atoms with E-state index in [-0.39, 0.29) is 11.8 Å². The van der Waals surface area contributed by atoms with Crippen LogP contribution in [0.1, 0.15) is 64.7 Å². The summed E-state index contributed by atoms with van der Waals surface area (Å²) >= 11 is 0. The van der Waals surface area contributed by atoms with Crippen LogP contribution in [0.2, 0.25) is 0 Å². The Morgan fingerprint density at radius 2 is 1.63 bits per heavy atom. The summed E-state index contributed by atoms with van der Waals surface area (Å²) in [4.78, 5) is 28.5. The van der Waals surface area contributed by atoms with Crippen LogP contribution in [-0.4, -0.2) is 37.5 Å². The lowest BCUT2D eigenvalue weighted by atomic mass is 9.95. The second-order valence-electron chi connectivity index (χ2n) is 7.89. The standard InChI is InChI=1S/C22H33N3O2/c1-18(26)25(17-14-22(27)23-19-8-4-2-5-9-19)21-12-10-20(11-13-21)24-15-6-3-7-16-24/h10-13,19H,2-9,14-17H2,1H3,(H,23,27). The van der Waals surface area contributed by atoms with Gasteiger partial charge in [0, 0.05) is 50.4 Å². The van der Waals surface area contributed by atoms with Crippen LogP contribution < -0.4 is 15.1 Å². The number of benzene rings is 1. The first-order valence-corrected chi connectivity index (χ1v) is 10.6. The van der Waals surface area contributed by atoms with Gasteiger partial charge >= 0.3 is 0 Å². The van der Waals surface area contributed by atoms with Gasteiger partial charge in [0.15, 0.2) is 0 Å². The van der Waals surface area contributed by atoms with Crippen LogP contribution in [0.5, 0.6) is 0 Å². The number of hydrogen-bond donors (Lipinski definition) is 1. The Morgan fingerprint density at radius 3 is 2.26 bits per heavy atom. The molecule has 0 spiro atoms. The van der Waals surface area contributed by atoms with Crippen LogP contribution in [0.3, 0.4) is 0 Å². The van der Waals surface area contributed by atoms with Gasteiger partial charge < -0.3 is 15.1 Å². The average molecular weight is 372 g/mol. The number of piperidine rings is 1. The molecule has 1 aliphatic carbocycles. The summed E-state index contributed by atoms with van der Waals surface area (Å²) in [5, 5.41) is 3.13. The molecule has 1 aliphatic heterocycles. The van der Waals surface area contributed by atoms with E-state index in [2.05, 4.69) is 22.3 Å². The fraction of sp³-hybridized carbons (Fsp3) is 0.636. The minimum atomic E-state index is -0.0220. The molecule has 1 saturated carbocycles. The highest BCUT2D eigenvalue weighted by molar-refractivity contribution is 5.92. The molecule has 1 aromatic rings. The third-order valence-electron chi connectivity index (χ3n) is 5.80. The van der Waals surface area contributed by atoms with Crippen LogP contribution >= 0.6 is 0 Å². The molecule has 0 radical (unpaired) electrons. The number of carbonyl (C=O) groups is 2. The molecule has 2 aliphatic rings. The van der Waals surface area contributed by atoms with Gasteiger partial charge in [0.1, 0.15) is 0 Å². The lowest BCUT2D eigenvalue weighted by Crippen LogP contribution is -2.39. The van der Waals surface area contributed by atoms with E-state index in [1.54, 1.807) is 11.8 Å². The van der Waals surface area contributed by atoms with E-state index >= 15 is 0 Å². The van der Waals surface area contributed by atoms with E-state index in [1.807, 2.05) is 12.1 Å². The summed E-state index contributed by atoms with van der Waals surface area (Å²) in [5.41, 5.74) is 2.09. The van der Waals surface area contributed by atoms with Crippen molar-refractivity contribution in [2.75, 3.05) is 29.4 Å². The van der Waals surface area contributed by atoms with Gasteiger partial charge in [-0.3, -0.25) is 9.59 Å². The third kappa shape index (κ3) is 5.72. The minimum absolute atomic E-state index is 0.0220. The Kier molecular flexibility index (Phi) is 7.13. The van der Waals surface area contributed by atoms with Crippen LogP contribution in [-0.2, 0) is 9.59 Å². The highest BCUT2D eigenvalue weighted by Crippen LogP contribution is 2.24. The van der Waals surface area contributed by atoms with Gasteiger partial charge in [-0.05, 0) is 56.4 Å². The zero-order chi connectivity index (χ0) is 19.1. The second kappa shape index (κ2) is 9.77. The molecule has 1 aromatic carbocycles. The molecule has 1 heterocycles. The molecule has 0 aromatic heterocycles. The topological polar surface area (TPSA) is 52.7 Å². The van der Waals surface area contributed by atoms with E-state index < -0.39 is 0 Å². The molecule has 5 heteroatoms. The van der Waals surface area contributed by atoms with Crippen molar-refractivity contribution in [2.45, 2.75) is 70.8 Å². The maximum absolute atomic E-state index is 12.3. The third-order valence-corrected chi connectivity index (χ3v) is 5.80. The zero-order valence-electron chi connectivity index (χ0n) is 16.6. The van der Waals surface area contributed by atoms with E-state index in [0.717, 1.165) is 31.6 Å². The zero-order valence-corrected chi connectivity index (χ0v) is 16.6. The van der Waals surface area contributed by atoms with Crippen molar-refractivity contribution in [3.8, 4) is 0 Å². The van der Waals surface area contributed by atoms with Gasteiger partial charge in [0.2, 0.25) is 11.8 Å². The quantitative estimate of drug-likeness (QED) is 0.826. The summed E-state index contributed by atoms with van der Waals surface area (Å²) in [5.74, 6) is 0.0317. The molecule has 27 heavy (non-hydrogen) atoms. The van der Waals surface area contributed by atoms with Crippen LogP contribution in [0.15, 0.2) is 24.3 Å². The summed E-state index contributed by atoms with van der Waals surface area (Å²) in [6.45, 7) is 4.21. The highest BCUT2D eigenvalue weighted by Gasteiger charge is 2.18. The molecule has 3 rings (SSSR count). The van der Waals surface area contributed by atoms with E-state index in [4.69, 9.17) is 0 Å². The Hall–Kier alpha value is -2.04. The Labute approximate surface area is 163 Å². The first-order valence-electron chi connectivity index (χ1n) is 10.6. The van der Waals surface area contributed by atoms with Crippen molar-refractivity contribution >= 4 is 23.2 Å². The molecule has 5 nitrogen and oxygen atoms in total. The highest BCUT2D eigenvalue weighted by atomic mass is 16.2. The minimum Gasteiger partial charge on any atom is -0.372 e. The van der Waals surface area contributed by atoms with Gasteiger partial charge in [-0.1, -0.05) is 19.3 Å². The largest absolute Gasteiger partial charge is 0.372 e. The lowest BCUT2D eigenvalue weighted by Gasteiger charge is -2.29. The van der Waals surface area contributed by atoms with Crippen LogP contribution in [0, 0.1) is 0 Å². The van der Waals surface area contributed by atoms with E-state index in [1.165, 1.54) is 44.2 Å². The van der Waals surface area contributed by atoms with Gasteiger partial charge in [0.25, 0.3) is 0 Å². The number of nitrogens with zero attached hydrogens (tertiary/aromatic N) is 2. The van der Waals surface area contributed by atoms with Gasteiger partial charge in [-0.15, -0.1) is 0 Å². The van der Waals surface area contributed by atoms with Crippen molar-refractivity contribution in [3.05, 3.63) is 24.3 Å². The summed E-state index contributed by atoms with van der Waals surface area (Å²) < 4.78 is 0. The van der Waals surface area contributed by atoms with Gasteiger partial charge in [-0.2, -0.15) is 0 Å². The van der Waals surface area contributed by atoms with Gasteiger partial charge in [-0.25, -0.2) is 0 Å². The maximum atomic E-state index is 12.3. The molecule has 0 atom stereocenters. The molecule has 0 bridgehead atoms. The van der Waals surface area contributed by atoms with Crippen molar-refractivity contribution in [3.63, 3.8) is 0 Å². The SMILES string of the molecule is CC(=O)N(CCC(=O)NC1CCCCC1)c1ccc(N2CCCCC2)cc1. The first kappa shape index (κ1) is 19.7. The fourth-order valence-electron chi connectivity index (χ4n) is 4.22. The molecule has 1 N–H and O–H groups in total. The fourth-order valence-corrected chi connectivity index (χ4v) is 4.22. The van der Waals surface area contributed by atoms with Gasteiger partial charge in [0.05, 0.1) is 0 Å². The lowest BCUT2D eigenvalue weighted by molar-refractivity contribution is -0.121. The number of nitrogens with one attached hydrogen (secondary N) is 1. The number of rotatable bonds is 6. The summed E-state index contributed by atoms with van der Waals surface area (Å²) in [7, 11) is 0. The predicted octanol–water partition coefficient (Wildman–Crippen LogP) is 3.87. The number of amides is 2. The normalized spacial score (nSPS) is 18.2. The Balaban J connectivity index is 1.54. The average Bonchev–Trinajstić information content (AvgIpc) is 2.70. The van der Waals surface area contributed by atoms with Crippen molar-refractivity contribution < 1.29 is 9.59 Å². The summed E-state index contributed by atoms with van der Waals surface area (Å²) in [6.07, 6.45) is 10.0. The predicted molar refractivity (Wildman–Crippen MR) is 110 cm³/mol. The van der Waals surface area contributed by atoms with Crippen molar-refractivity contribution in [1.82, 2.24) is 5.32 Å². The smallest absolute Gasteiger partial charge is 0.223 e. The molecule has 148 valence electrons. The van der Waals surface area contributed by atoms with Crippen molar-refractivity contribution in [2.24, 2.45) is 0 Å².